The summed E-state index contributed by atoms with van der Waals surface area (Å²) in [7, 11) is 0. The Balaban J connectivity index is 1.62. The second-order valence-electron chi connectivity index (χ2n) is 9.66. The summed E-state index contributed by atoms with van der Waals surface area (Å²) >= 11 is 0. The minimum absolute atomic E-state index is 0.217. The van der Waals surface area contributed by atoms with Gasteiger partial charge in [0, 0.05) is 22.9 Å². The molecule has 4 rings (SSSR count). The van der Waals surface area contributed by atoms with E-state index < -0.39 is 35.5 Å². The van der Waals surface area contributed by atoms with Crippen LogP contribution < -0.4 is 10.9 Å². The van der Waals surface area contributed by atoms with Crippen molar-refractivity contribution in [3.63, 3.8) is 0 Å². The third-order valence-corrected chi connectivity index (χ3v) is 6.94. The average Bonchev–Trinajstić information content (AvgIpc) is 3.43. The Labute approximate surface area is 202 Å². The smallest absolute Gasteiger partial charge is 0.340 e. The zero-order valence-corrected chi connectivity index (χ0v) is 20.6. The van der Waals surface area contributed by atoms with E-state index >= 15 is 0 Å². The molecule has 1 saturated heterocycles. The number of nitrogens with one attached hydrogen (secondary N) is 1. The molecule has 0 saturated carbocycles. The molecule has 1 aromatic carbocycles. The standard InChI is InChI=1S/C26H30N2O7/c1-12(2)21(24(30)28-8-6-7-19(28)25(31)32)27-20(29)10-18-14(4)17-9-16-13(3)11-34-22(16)15(5)23(17)35-26(18)33/h9,11-12,19,21H,6-8,10H2,1-5H3,(H,27,29)(H,31,32). The van der Waals surface area contributed by atoms with Crippen molar-refractivity contribution in [1.82, 2.24) is 10.2 Å². The lowest BCUT2D eigenvalue weighted by molar-refractivity contribution is -0.149. The number of aliphatic carboxylic acids is 1. The molecule has 2 unspecified atom stereocenters. The molecule has 1 aliphatic rings. The van der Waals surface area contributed by atoms with Crippen LogP contribution in [0, 0.1) is 26.7 Å². The molecule has 0 bridgehead atoms. The van der Waals surface area contributed by atoms with Crippen molar-refractivity contribution in [2.45, 2.75) is 66.0 Å². The predicted molar refractivity (Wildman–Crippen MR) is 129 cm³/mol. The van der Waals surface area contributed by atoms with Gasteiger partial charge in [-0.2, -0.15) is 0 Å². The van der Waals surface area contributed by atoms with Gasteiger partial charge in [0.15, 0.2) is 0 Å². The second kappa shape index (κ2) is 9.20. The molecule has 0 spiro atoms. The van der Waals surface area contributed by atoms with Gasteiger partial charge in [0.2, 0.25) is 11.8 Å². The van der Waals surface area contributed by atoms with E-state index in [0.29, 0.717) is 41.7 Å². The van der Waals surface area contributed by atoms with E-state index in [9.17, 15) is 24.3 Å². The normalized spacial score (nSPS) is 16.9. The summed E-state index contributed by atoms with van der Waals surface area (Å²) in [6, 6.07) is 0.114. The van der Waals surface area contributed by atoms with Crippen LogP contribution in [-0.4, -0.2) is 46.4 Å². The van der Waals surface area contributed by atoms with Crippen LogP contribution in [0.5, 0.6) is 0 Å². The maximum atomic E-state index is 13.1. The van der Waals surface area contributed by atoms with Gasteiger partial charge in [-0.05, 0) is 56.7 Å². The van der Waals surface area contributed by atoms with Gasteiger partial charge in [-0.1, -0.05) is 13.8 Å². The van der Waals surface area contributed by atoms with Crippen molar-refractivity contribution in [3.8, 4) is 0 Å². The van der Waals surface area contributed by atoms with E-state index in [2.05, 4.69) is 5.32 Å². The molecule has 3 heterocycles. The van der Waals surface area contributed by atoms with Crippen molar-refractivity contribution in [2.75, 3.05) is 6.54 Å². The minimum atomic E-state index is -1.05. The number of rotatable bonds is 6. The molecule has 2 amide bonds. The molecular weight excluding hydrogens is 452 g/mol. The Morgan fingerprint density at radius 2 is 1.86 bits per heavy atom. The van der Waals surface area contributed by atoms with Gasteiger partial charge < -0.3 is 24.2 Å². The number of likely N-dealkylation sites (tertiary alicyclic amines) is 1. The largest absolute Gasteiger partial charge is 0.480 e. The number of aryl methyl sites for hydroxylation is 3. The monoisotopic (exact) mass is 482 g/mol. The molecule has 2 atom stereocenters. The summed E-state index contributed by atoms with van der Waals surface area (Å²) in [5, 5.41) is 13.8. The number of carbonyl (C=O) groups is 3. The number of furan rings is 1. The summed E-state index contributed by atoms with van der Waals surface area (Å²) in [5.74, 6) is -2.24. The van der Waals surface area contributed by atoms with Gasteiger partial charge >= 0.3 is 11.6 Å². The summed E-state index contributed by atoms with van der Waals surface area (Å²) in [6.45, 7) is 9.43. The molecule has 186 valence electrons. The first kappa shape index (κ1) is 24.5. The molecule has 0 radical (unpaired) electrons. The summed E-state index contributed by atoms with van der Waals surface area (Å²) in [5.41, 5.74) is 2.98. The minimum Gasteiger partial charge on any atom is -0.480 e. The third-order valence-electron chi connectivity index (χ3n) is 6.94. The van der Waals surface area contributed by atoms with Crippen molar-refractivity contribution < 1.29 is 28.3 Å². The van der Waals surface area contributed by atoms with Gasteiger partial charge in [0.1, 0.15) is 23.2 Å². The SMILES string of the molecule is Cc1coc2c(C)c3oc(=O)c(CC(=O)NC(C(=O)N4CCCC4C(=O)O)C(C)C)c(C)c3cc12. The van der Waals surface area contributed by atoms with Gasteiger partial charge in [-0.25, -0.2) is 9.59 Å². The number of benzene rings is 1. The van der Waals surface area contributed by atoms with Crippen LogP contribution in [0.2, 0.25) is 0 Å². The van der Waals surface area contributed by atoms with Gasteiger partial charge in [0.05, 0.1) is 18.2 Å². The van der Waals surface area contributed by atoms with Crippen molar-refractivity contribution in [2.24, 2.45) is 5.92 Å². The van der Waals surface area contributed by atoms with Crippen LogP contribution in [0.25, 0.3) is 21.9 Å². The van der Waals surface area contributed by atoms with Crippen LogP contribution in [0.15, 0.2) is 26.0 Å². The molecule has 1 fully saturated rings. The second-order valence-corrected chi connectivity index (χ2v) is 9.66. The molecule has 1 aliphatic heterocycles. The first-order chi connectivity index (χ1) is 16.5. The number of fused-ring (bicyclic) bond motifs is 2. The van der Waals surface area contributed by atoms with Crippen LogP contribution >= 0.6 is 0 Å². The van der Waals surface area contributed by atoms with E-state index in [1.807, 2.05) is 19.9 Å². The fourth-order valence-corrected chi connectivity index (χ4v) is 4.89. The van der Waals surface area contributed by atoms with Crippen LogP contribution in [0.1, 0.15) is 48.9 Å². The highest BCUT2D eigenvalue weighted by molar-refractivity contribution is 6.00. The highest BCUT2D eigenvalue weighted by Crippen LogP contribution is 2.32. The number of amides is 2. The number of nitrogens with zero attached hydrogens (tertiary/aromatic N) is 1. The number of carbonyl (C=O) groups excluding carboxylic acids is 2. The van der Waals surface area contributed by atoms with Crippen LogP contribution in [0.4, 0.5) is 0 Å². The fraction of sp³-hybridized carbons (Fsp3) is 0.462. The Morgan fingerprint density at radius 3 is 2.51 bits per heavy atom. The lowest BCUT2D eigenvalue weighted by Gasteiger charge is -2.29. The first-order valence-corrected chi connectivity index (χ1v) is 11.8. The lowest BCUT2D eigenvalue weighted by Crippen LogP contribution is -2.54. The molecule has 2 N–H and O–H groups in total. The first-order valence-electron chi connectivity index (χ1n) is 11.8. The lowest BCUT2D eigenvalue weighted by atomic mass is 9.98. The topological polar surface area (TPSA) is 130 Å². The summed E-state index contributed by atoms with van der Waals surface area (Å²) in [4.78, 5) is 51.8. The maximum absolute atomic E-state index is 13.1. The van der Waals surface area contributed by atoms with E-state index in [1.54, 1.807) is 27.0 Å². The highest BCUT2D eigenvalue weighted by Gasteiger charge is 2.38. The van der Waals surface area contributed by atoms with Crippen LogP contribution in [0.3, 0.4) is 0 Å². The predicted octanol–water partition coefficient (Wildman–Crippen LogP) is 3.22. The van der Waals surface area contributed by atoms with E-state index in [1.165, 1.54) is 4.90 Å². The van der Waals surface area contributed by atoms with E-state index in [-0.39, 0.29) is 17.9 Å². The molecule has 9 nitrogen and oxygen atoms in total. The Hall–Kier alpha value is -3.62. The number of hydrogen-bond acceptors (Lipinski definition) is 6. The fourth-order valence-electron chi connectivity index (χ4n) is 4.89. The van der Waals surface area contributed by atoms with Crippen LogP contribution in [-0.2, 0) is 20.8 Å². The van der Waals surface area contributed by atoms with Gasteiger partial charge in [-0.15, -0.1) is 0 Å². The Bertz CT molecular complexity index is 1400. The average molecular weight is 483 g/mol. The Morgan fingerprint density at radius 1 is 1.14 bits per heavy atom. The third kappa shape index (κ3) is 4.31. The van der Waals surface area contributed by atoms with E-state index in [4.69, 9.17) is 8.83 Å². The maximum Gasteiger partial charge on any atom is 0.340 e. The zero-order valence-electron chi connectivity index (χ0n) is 20.6. The number of hydrogen-bond donors (Lipinski definition) is 2. The number of carboxylic acids is 1. The molecule has 9 heteroatoms. The zero-order chi connectivity index (χ0) is 25.6. The van der Waals surface area contributed by atoms with Gasteiger partial charge in [-0.3, -0.25) is 9.59 Å². The molecule has 0 aliphatic carbocycles. The summed E-state index contributed by atoms with van der Waals surface area (Å²) < 4.78 is 11.2. The van der Waals surface area contributed by atoms with Crippen molar-refractivity contribution >= 4 is 39.7 Å². The molecular formula is C26H30N2O7. The summed E-state index contributed by atoms with van der Waals surface area (Å²) in [6.07, 6.45) is 2.38. The van der Waals surface area contributed by atoms with Crippen molar-refractivity contribution in [1.29, 1.82) is 0 Å². The van der Waals surface area contributed by atoms with Gasteiger partial charge in [0.25, 0.3) is 0 Å². The highest BCUT2D eigenvalue weighted by atomic mass is 16.4. The van der Waals surface area contributed by atoms with E-state index in [0.717, 1.165) is 16.3 Å². The molecule has 35 heavy (non-hydrogen) atoms. The number of carboxylic acid groups (broad SMARTS) is 1. The quantitative estimate of drug-likeness (QED) is 0.516. The molecule has 2 aromatic heterocycles. The van der Waals surface area contributed by atoms with Crippen molar-refractivity contribution in [3.05, 3.63) is 45.0 Å². The Kier molecular flexibility index (Phi) is 6.44. The molecule has 3 aromatic rings.